The van der Waals surface area contributed by atoms with E-state index in [0.717, 1.165) is 16.7 Å². The molecule has 9 aromatic carbocycles. The Labute approximate surface area is 319 Å². The second-order valence-corrected chi connectivity index (χ2v) is 14.3. The van der Waals surface area contributed by atoms with Crippen LogP contribution in [0.1, 0.15) is 0 Å². The molecule has 0 fully saturated rings. The first-order chi connectivity index (χ1) is 27.3. The van der Waals surface area contributed by atoms with Crippen molar-refractivity contribution in [2.45, 2.75) is 0 Å². The van der Waals surface area contributed by atoms with Crippen molar-refractivity contribution in [3.63, 3.8) is 0 Å². The fourth-order valence-electron chi connectivity index (χ4n) is 8.83. The molecule has 0 aliphatic carbocycles. The summed E-state index contributed by atoms with van der Waals surface area (Å²) in [6.07, 6.45) is 3.91. The van der Waals surface area contributed by atoms with Gasteiger partial charge in [-0.25, -0.2) is 0 Å². The first-order valence-corrected chi connectivity index (χ1v) is 18.9. The number of pyridine rings is 1. The summed E-state index contributed by atoms with van der Waals surface area (Å²) in [5.41, 5.74) is 13.1. The predicted molar refractivity (Wildman–Crippen MR) is 233 cm³/mol. The standard InChI is InChI=1S/C53H34N2/c1-2-14-36(15-3-1)52-45-22-6-8-24-47(45)53(48-25-9-7-23-46(48)52)40-19-11-20-41(32-40)55-50-28-27-38(33-49(50)44-29-30-54-34-51(44)55)37-17-10-18-39(31-37)43-26-12-16-35-13-4-5-21-42(35)43/h1-34H. The van der Waals surface area contributed by atoms with E-state index in [1.807, 2.05) is 12.4 Å². The highest BCUT2D eigenvalue weighted by Gasteiger charge is 2.19. The van der Waals surface area contributed by atoms with Crippen LogP contribution in [0, 0.1) is 0 Å². The fraction of sp³-hybridized carbons (Fsp3) is 0. The van der Waals surface area contributed by atoms with E-state index < -0.39 is 0 Å². The Morgan fingerprint density at radius 3 is 1.69 bits per heavy atom. The van der Waals surface area contributed by atoms with E-state index in [1.54, 1.807) is 0 Å². The number of hydrogen-bond acceptors (Lipinski definition) is 1. The van der Waals surface area contributed by atoms with Gasteiger partial charge in [0.1, 0.15) is 0 Å². The lowest BCUT2D eigenvalue weighted by atomic mass is 9.86. The lowest BCUT2D eigenvalue weighted by Crippen LogP contribution is -1.96. The number of aromatic nitrogens is 2. The quantitative estimate of drug-likeness (QED) is 0.164. The number of nitrogens with zero attached hydrogens (tertiary/aromatic N) is 2. The summed E-state index contributed by atoms with van der Waals surface area (Å²) < 4.78 is 2.38. The van der Waals surface area contributed by atoms with E-state index in [4.69, 9.17) is 0 Å². The van der Waals surface area contributed by atoms with Crippen LogP contribution >= 0.6 is 0 Å². The van der Waals surface area contributed by atoms with Crippen LogP contribution in [-0.2, 0) is 0 Å². The first-order valence-electron chi connectivity index (χ1n) is 18.9. The molecule has 2 heterocycles. The molecule has 0 aliphatic rings. The van der Waals surface area contributed by atoms with Gasteiger partial charge < -0.3 is 4.57 Å². The monoisotopic (exact) mass is 698 g/mol. The van der Waals surface area contributed by atoms with Gasteiger partial charge in [0, 0.05) is 22.7 Å². The summed E-state index contributed by atoms with van der Waals surface area (Å²) in [7, 11) is 0. The molecule has 0 aliphatic heterocycles. The molecule has 0 saturated carbocycles. The molecule has 0 radical (unpaired) electrons. The largest absolute Gasteiger partial charge is 0.308 e. The highest BCUT2D eigenvalue weighted by molar-refractivity contribution is 6.21. The molecule has 0 unspecified atom stereocenters. The van der Waals surface area contributed by atoms with Crippen molar-refractivity contribution >= 4 is 54.1 Å². The zero-order chi connectivity index (χ0) is 36.3. The van der Waals surface area contributed by atoms with Crippen molar-refractivity contribution in [3.05, 3.63) is 207 Å². The summed E-state index contributed by atoms with van der Waals surface area (Å²) in [4.78, 5) is 4.63. The zero-order valence-electron chi connectivity index (χ0n) is 30.0. The van der Waals surface area contributed by atoms with Crippen LogP contribution < -0.4 is 0 Å². The molecule has 0 N–H and O–H groups in total. The third kappa shape index (κ3) is 5.07. The Morgan fingerprint density at radius 1 is 0.327 bits per heavy atom. The van der Waals surface area contributed by atoms with Crippen molar-refractivity contribution in [2.24, 2.45) is 0 Å². The predicted octanol–water partition coefficient (Wildman–Crippen LogP) is 14.3. The van der Waals surface area contributed by atoms with Gasteiger partial charge in [-0.05, 0) is 113 Å². The third-order valence-corrected chi connectivity index (χ3v) is 11.3. The maximum absolute atomic E-state index is 4.63. The molecular weight excluding hydrogens is 665 g/mol. The van der Waals surface area contributed by atoms with Crippen molar-refractivity contribution < 1.29 is 0 Å². The smallest absolute Gasteiger partial charge is 0.0724 e. The van der Waals surface area contributed by atoms with Crippen molar-refractivity contribution in [1.29, 1.82) is 0 Å². The average molecular weight is 699 g/mol. The van der Waals surface area contributed by atoms with Gasteiger partial charge in [-0.15, -0.1) is 0 Å². The summed E-state index contributed by atoms with van der Waals surface area (Å²) in [5, 5.41) is 9.92. The lowest BCUT2D eigenvalue weighted by Gasteiger charge is -2.18. The van der Waals surface area contributed by atoms with Crippen LogP contribution in [0.3, 0.4) is 0 Å². The van der Waals surface area contributed by atoms with Gasteiger partial charge in [-0.2, -0.15) is 0 Å². The van der Waals surface area contributed by atoms with Crippen molar-refractivity contribution in [2.75, 3.05) is 0 Å². The van der Waals surface area contributed by atoms with Crippen LogP contribution in [0.5, 0.6) is 0 Å². The Morgan fingerprint density at radius 2 is 0.909 bits per heavy atom. The molecule has 0 spiro atoms. The Balaban J connectivity index is 1.08. The zero-order valence-corrected chi connectivity index (χ0v) is 30.0. The van der Waals surface area contributed by atoms with Gasteiger partial charge in [0.15, 0.2) is 0 Å². The lowest BCUT2D eigenvalue weighted by molar-refractivity contribution is 1.17. The molecule has 55 heavy (non-hydrogen) atoms. The van der Waals surface area contributed by atoms with Gasteiger partial charge in [-0.1, -0.05) is 158 Å². The third-order valence-electron chi connectivity index (χ3n) is 11.3. The summed E-state index contributed by atoms with van der Waals surface area (Å²) in [6, 6.07) is 70.7. The maximum atomic E-state index is 4.63. The minimum absolute atomic E-state index is 1.09. The van der Waals surface area contributed by atoms with E-state index >= 15 is 0 Å². The molecule has 0 bridgehead atoms. The Bertz CT molecular complexity index is 3200. The van der Waals surface area contributed by atoms with E-state index in [0.29, 0.717) is 0 Å². The van der Waals surface area contributed by atoms with E-state index in [9.17, 15) is 0 Å². The van der Waals surface area contributed by atoms with E-state index in [2.05, 4.69) is 204 Å². The molecule has 256 valence electrons. The highest BCUT2D eigenvalue weighted by Crippen LogP contribution is 2.44. The van der Waals surface area contributed by atoms with Crippen LogP contribution in [0.4, 0.5) is 0 Å². The maximum Gasteiger partial charge on any atom is 0.0724 e. The molecule has 2 nitrogen and oxygen atoms in total. The SMILES string of the molecule is c1ccc(-c2c3ccccc3c(-c3cccc(-n4c5ccc(-c6cccc(-c7cccc8ccccc78)c6)cc5c5ccncc54)c3)c3ccccc23)cc1. The number of rotatable bonds is 5. The molecule has 11 rings (SSSR count). The average Bonchev–Trinajstić information content (AvgIpc) is 3.59. The van der Waals surface area contributed by atoms with Crippen LogP contribution in [0.2, 0.25) is 0 Å². The minimum Gasteiger partial charge on any atom is -0.308 e. The second-order valence-electron chi connectivity index (χ2n) is 14.3. The van der Waals surface area contributed by atoms with Gasteiger partial charge in [-0.3, -0.25) is 4.98 Å². The molecule has 0 atom stereocenters. The fourth-order valence-corrected chi connectivity index (χ4v) is 8.83. The molecular formula is C53H34N2. The molecule has 2 aromatic heterocycles. The number of benzene rings is 9. The van der Waals surface area contributed by atoms with Crippen LogP contribution in [-0.4, -0.2) is 9.55 Å². The molecule has 11 aromatic rings. The van der Waals surface area contributed by atoms with Gasteiger partial charge in [0.05, 0.1) is 17.2 Å². The Kier molecular flexibility index (Phi) is 7.21. The van der Waals surface area contributed by atoms with Gasteiger partial charge in [0.25, 0.3) is 0 Å². The highest BCUT2D eigenvalue weighted by atomic mass is 15.0. The topological polar surface area (TPSA) is 17.8 Å². The van der Waals surface area contributed by atoms with E-state index in [-0.39, 0.29) is 0 Å². The molecule has 0 amide bonds. The second kappa shape index (κ2) is 12.7. The summed E-state index contributed by atoms with van der Waals surface area (Å²) in [6.45, 7) is 0. The molecule has 2 heteroatoms. The number of fused-ring (bicyclic) bond motifs is 6. The van der Waals surface area contributed by atoms with E-state index in [1.165, 1.54) is 87.6 Å². The summed E-state index contributed by atoms with van der Waals surface area (Å²) >= 11 is 0. The Hall–Kier alpha value is -7.29. The van der Waals surface area contributed by atoms with Crippen molar-refractivity contribution in [1.82, 2.24) is 9.55 Å². The normalized spacial score (nSPS) is 11.6. The van der Waals surface area contributed by atoms with Gasteiger partial charge in [0.2, 0.25) is 0 Å². The minimum atomic E-state index is 1.09. The van der Waals surface area contributed by atoms with Crippen molar-refractivity contribution in [3.8, 4) is 50.2 Å². The summed E-state index contributed by atoms with van der Waals surface area (Å²) in [5.74, 6) is 0. The van der Waals surface area contributed by atoms with Crippen LogP contribution in [0.25, 0.3) is 104 Å². The number of hydrogen-bond donors (Lipinski definition) is 0. The van der Waals surface area contributed by atoms with Gasteiger partial charge >= 0.3 is 0 Å². The van der Waals surface area contributed by atoms with Crippen LogP contribution in [0.15, 0.2) is 207 Å². The molecule has 0 saturated heterocycles. The first kappa shape index (κ1) is 31.3.